The number of carbonyl (C=O) groups excluding carboxylic acids is 1. The Morgan fingerprint density at radius 1 is 1.12 bits per heavy atom. The number of benzene rings is 1. The molecule has 16 heavy (non-hydrogen) atoms. The fraction of sp³-hybridized carbons (Fsp3) is 0.462. The van der Waals surface area contributed by atoms with Crippen LogP contribution in [0.3, 0.4) is 0 Å². The maximum Gasteiger partial charge on any atom is 0.235 e. The lowest BCUT2D eigenvalue weighted by molar-refractivity contribution is -0.194. The topological polar surface area (TPSA) is 35.5 Å². The predicted molar refractivity (Wildman–Crippen MR) is 62.4 cm³/mol. The van der Waals surface area contributed by atoms with Gasteiger partial charge in [-0.1, -0.05) is 44.2 Å². The van der Waals surface area contributed by atoms with E-state index in [0.717, 1.165) is 0 Å². The summed E-state index contributed by atoms with van der Waals surface area (Å²) in [5.74, 6) is -1.40. The molecule has 88 valence electrons. The summed E-state index contributed by atoms with van der Waals surface area (Å²) in [4.78, 5) is 12.3. The maximum absolute atomic E-state index is 12.3. The zero-order valence-electron chi connectivity index (χ0n) is 10.2. The van der Waals surface area contributed by atoms with Crippen LogP contribution in [0.4, 0.5) is 0 Å². The average molecular weight is 222 g/mol. The highest BCUT2D eigenvalue weighted by Gasteiger charge is 2.42. The highest BCUT2D eigenvalue weighted by Crippen LogP contribution is 2.26. The lowest BCUT2D eigenvalue weighted by Gasteiger charge is -2.32. The van der Waals surface area contributed by atoms with Crippen LogP contribution >= 0.6 is 0 Å². The molecule has 0 amide bonds. The zero-order chi connectivity index (χ0) is 12.2. The molecular weight excluding hydrogens is 204 g/mol. The molecule has 0 spiro atoms. The van der Waals surface area contributed by atoms with E-state index in [1.807, 2.05) is 32.0 Å². The summed E-state index contributed by atoms with van der Waals surface area (Å²) in [5.41, 5.74) is 0.597. The number of hydrogen-bond donors (Lipinski definition) is 0. The van der Waals surface area contributed by atoms with Gasteiger partial charge >= 0.3 is 0 Å². The van der Waals surface area contributed by atoms with Crippen molar-refractivity contribution in [2.45, 2.75) is 19.6 Å². The van der Waals surface area contributed by atoms with Crippen molar-refractivity contribution in [3.05, 3.63) is 35.9 Å². The molecule has 0 N–H and O–H groups in total. The van der Waals surface area contributed by atoms with Gasteiger partial charge in [-0.25, -0.2) is 0 Å². The minimum absolute atomic E-state index is 0.0600. The Kier molecular flexibility index (Phi) is 4.21. The van der Waals surface area contributed by atoms with Gasteiger partial charge in [0.2, 0.25) is 11.6 Å². The molecule has 0 radical (unpaired) electrons. The van der Waals surface area contributed by atoms with Crippen LogP contribution < -0.4 is 0 Å². The molecule has 0 fully saturated rings. The van der Waals surface area contributed by atoms with E-state index < -0.39 is 5.79 Å². The first kappa shape index (κ1) is 12.9. The zero-order valence-corrected chi connectivity index (χ0v) is 10.2. The van der Waals surface area contributed by atoms with Gasteiger partial charge in [0.1, 0.15) is 0 Å². The fourth-order valence-electron chi connectivity index (χ4n) is 1.79. The van der Waals surface area contributed by atoms with E-state index in [-0.39, 0.29) is 11.7 Å². The van der Waals surface area contributed by atoms with E-state index in [1.54, 1.807) is 12.1 Å². The number of methoxy groups -OCH3 is 2. The monoisotopic (exact) mass is 222 g/mol. The molecule has 0 aliphatic heterocycles. The Morgan fingerprint density at radius 2 is 1.62 bits per heavy atom. The van der Waals surface area contributed by atoms with Gasteiger partial charge in [-0.3, -0.25) is 4.79 Å². The van der Waals surface area contributed by atoms with Gasteiger partial charge in [0.05, 0.1) is 0 Å². The summed E-state index contributed by atoms with van der Waals surface area (Å²) in [6.07, 6.45) is 0. The van der Waals surface area contributed by atoms with Crippen LogP contribution in [0.5, 0.6) is 0 Å². The maximum atomic E-state index is 12.3. The van der Waals surface area contributed by atoms with Crippen molar-refractivity contribution in [2.24, 2.45) is 5.92 Å². The van der Waals surface area contributed by atoms with Crippen molar-refractivity contribution in [3.8, 4) is 0 Å². The molecule has 0 aromatic heterocycles. The molecule has 1 aromatic carbocycles. The lowest BCUT2D eigenvalue weighted by Crippen LogP contribution is -2.47. The van der Waals surface area contributed by atoms with Gasteiger partial charge in [0.25, 0.3) is 0 Å². The number of hydrogen-bond acceptors (Lipinski definition) is 3. The van der Waals surface area contributed by atoms with Crippen molar-refractivity contribution in [3.63, 3.8) is 0 Å². The van der Waals surface area contributed by atoms with Gasteiger partial charge in [0.15, 0.2) is 0 Å². The highest BCUT2D eigenvalue weighted by molar-refractivity contribution is 6.01. The summed E-state index contributed by atoms with van der Waals surface area (Å²) in [5, 5.41) is 0. The molecule has 0 aliphatic carbocycles. The Morgan fingerprint density at radius 3 is 2.00 bits per heavy atom. The van der Waals surface area contributed by atoms with Crippen LogP contribution in [0.2, 0.25) is 0 Å². The molecule has 1 aromatic rings. The summed E-state index contributed by atoms with van der Waals surface area (Å²) < 4.78 is 10.6. The van der Waals surface area contributed by atoms with E-state index in [9.17, 15) is 4.79 Å². The van der Waals surface area contributed by atoms with Crippen LogP contribution in [0.15, 0.2) is 30.3 Å². The molecule has 0 bridgehead atoms. The summed E-state index contributed by atoms with van der Waals surface area (Å²) in [7, 11) is 2.98. The molecule has 1 rings (SSSR count). The number of carbonyl (C=O) groups is 1. The highest BCUT2D eigenvalue weighted by atomic mass is 16.7. The molecule has 0 unspecified atom stereocenters. The standard InChI is InChI=1S/C13H18O3/c1-10(2)13(15-3,16-4)12(14)11-8-6-5-7-9-11/h5-10H,1-4H3. The first-order chi connectivity index (χ1) is 7.58. The van der Waals surface area contributed by atoms with E-state index in [2.05, 4.69) is 0 Å². The van der Waals surface area contributed by atoms with Gasteiger partial charge in [-0.05, 0) is 0 Å². The second kappa shape index (κ2) is 5.23. The van der Waals surface area contributed by atoms with Gasteiger partial charge in [0, 0.05) is 25.7 Å². The van der Waals surface area contributed by atoms with Gasteiger partial charge in [-0.15, -0.1) is 0 Å². The SMILES string of the molecule is COC(OC)(C(=O)c1ccccc1)C(C)C. The first-order valence-electron chi connectivity index (χ1n) is 5.28. The van der Waals surface area contributed by atoms with Crippen molar-refractivity contribution in [1.29, 1.82) is 0 Å². The predicted octanol–water partition coefficient (Wildman–Crippen LogP) is 2.51. The van der Waals surface area contributed by atoms with Crippen LogP contribution in [0, 0.1) is 5.92 Å². The fourth-order valence-corrected chi connectivity index (χ4v) is 1.79. The number of Topliss-reactive ketones (excluding diaryl/α,β-unsaturated/α-hetero) is 1. The average Bonchev–Trinajstić information content (AvgIpc) is 2.32. The summed E-state index contributed by atoms with van der Waals surface area (Å²) in [6.45, 7) is 3.79. The minimum Gasteiger partial charge on any atom is -0.347 e. The van der Waals surface area contributed by atoms with Crippen LogP contribution in [0.1, 0.15) is 24.2 Å². The quantitative estimate of drug-likeness (QED) is 0.567. The Hall–Kier alpha value is -1.19. The van der Waals surface area contributed by atoms with E-state index in [4.69, 9.17) is 9.47 Å². The van der Waals surface area contributed by atoms with Crippen LogP contribution in [-0.2, 0) is 9.47 Å². The molecule has 3 nitrogen and oxygen atoms in total. The summed E-state index contributed by atoms with van der Waals surface area (Å²) in [6, 6.07) is 9.04. The van der Waals surface area contributed by atoms with Crippen LogP contribution in [0.25, 0.3) is 0 Å². The molecule has 0 saturated heterocycles. The lowest BCUT2D eigenvalue weighted by atomic mass is 9.93. The normalized spacial score (nSPS) is 11.8. The Balaban J connectivity index is 3.10. The van der Waals surface area contributed by atoms with Gasteiger partial charge in [-0.2, -0.15) is 0 Å². The third kappa shape index (κ3) is 2.15. The van der Waals surface area contributed by atoms with E-state index in [1.165, 1.54) is 14.2 Å². The minimum atomic E-state index is -1.19. The Labute approximate surface area is 96.4 Å². The first-order valence-corrected chi connectivity index (χ1v) is 5.28. The molecular formula is C13H18O3. The van der Waals surface area contributed by atoms with Gasteiger partial charge < -0.3 is 9.47 Å². The van der Waals surface area contributed by atoms with Crippen molar-refractivity contribution >= 4 is 5.78 Å². The number of rotatable bonds is 5. The number of ketones is 1. The van der Waals surface area contributed by atoms with Crippen molar-refractivity contribution in [1.82, 2.24) is 0 Å². The molecule has 0 aliphatic rings. The number of ether oxygens (including phenoxy) is 2. The van der Waals surface area contributed by atoms with E-state index >= 15 is 0 Å². The second-order valence-corrected chi connectivity index (χ2v) is 3.93. The molecule has 0 saturated carbocycles. The molecule has 0 atom stereocenters. The smallest absolute Gasteiger partial charge is 0.235 e. The van der Waals surface area contributed by atoms with Crippen molar-refractivity contribution in [2.75, 3.05) is 14.2 Å². The Bertz CT molecular complexity index is 339. The largest absolute Gasteiger partial charge is 0.347 e. The van der Waals surface area contributed by atoms with Crippen molar-refractivity contribution < 1.29 is 14.3 Å². The molecule has 0 heterocycles. The molecule has 3 heteroatoms. The van der Waals surface area contributed by atoms with Crippen LogP contribution in [-0.4, -0.2) is 25.8 Å². The summed E-state index contributed by atoms with van der Waals surface area (Å²) >= 11 is 0. The second-order valence-electron chi connectivity index (χ2n) is 3.93. The third-order valence-electron chi connectivity index (χ3n) is 2.72. The van der Waals surface area contributed by atoms with E-state index in [0.29, 0.717) is 5.56 Å². The third-order valence-corrected chi connectivity index (χ3v) is 2.72.